The molecule has 2 amide bonds. The van der Waals surface area contributed by atoms with Crippen molar-refractivity contribution in [3.63, 3.8) is 0 Å². The van der Waals surface area contributed by atoms with Crippen LogP contribution in [0, 0.1) is 0 Å². The summed E-state index contributed by atoms with van der Waals surface area (Å²) < 4.78 is 6.50. The summed E-state index contributed by atoms with van der Waals surface area (Å²) in [4.78, 5) is 35.5. The monoisotopic (exact) mass is 689 g/mol. The highest BCUT2D eigenvalue weighted by molar-refractivity contribution is 6.01. The average Bonchev–Trinajstić information content (AvgIpc) is 3.53. The fourth-order valence-electron chi connectivity index (χ4n) is 7.81. The van der Waals surface area contributed by atoms with E-state index < -0.39 is 0 Å². The van der Waals surface area contributed by atoms with Crippen LogP contribution in [0.2, 0.25) is 0 Å². The quantitative estimate of drug-likeness (QED) is 0.188. The number of anilines is 4. The predicted octanol–water partition coefficient (Wildman–Crippen LogP) is 4.02. The lowest BCUT2D eigenvalue weighted by molar-refractivity contribution is -0.133. The number of ether oxygens (including phenoxy) is 1. The van der Waals surface area contributed by atoms with Gasteiger partial charge in [-0.2, -0.15) is 0 Å². The molecule has 8 rings (SSSR count). The molecule has 2 aromatic heterocycles. The fourth-order valence-corrected chi connectivity index (χ4v) is 7.81. The Bertz CT molecular complexity index is 1900. The molecular formula is C38H43N9O4. The topological polar surface area (TPSA) is 148 Å². The number of phenols is 1. The van der Waals surface area contributed by atoms with Crippen molar-refractivity contribution >= 4 is 34.7 Å². The molecule has 0 aliphatic carbocycles. The van der Waals surface area contributed by atoms with E-state index in [0.29, 0.717) is 36.5 Å². The minimum Gasteiger partial charge on any atom is -0.507 e. The number of rotatable bonds is 9. The molecule has 4 aliphatic heterocycles. The summed E-state index contributed by atoms with van der Waals surface area (Å²) in [5.41, 5.74) is 5.34. The van der Waals surface area contributed by atoms with Crippen molar-refractivity contribution in [2.75, 3.05) is 59.7 Å². The van der Waals surface area contributed by atoms with Gasteiger partial charge < -0.3 is 30.3 Å². The largest absolute Gasteiger partial charge is 0.507 e. The summed E-state index contributed by atoms with van der Waals surface area (Å²) in [5.74, 6) is 1.09. The van der Waals surface area contributed by atoms with Crippen LogP contribution in [0.3, 0.4) is 0 Å². The first-order chi connectivity index (χ1) is 24.9. The summed E-state index contributed by atoms with van der Waals surface area (Å²) in [6.07, 6.45) is 4.56. The first-order valence-corrected chi connectivity index (χ1v) is 17.8. The second-order valence-corrected chi connectivity index (χ2v) is 13.9. The normalized spacial score (nSPS) is 23.2. The van der Waals surface area contributed by atoms with E-state index in [-0.39, 0.29) is 35.2 Å². The maximum Gasteiger partial charge on any atom is 0.249 e. The summed E-state index contributed by atoms with van der Waals surface area (Å²) in [5, 5.41) is 28.5. The molecule has 0 saturated carbocycles. The lowest BCUT2D eigenvalue weighted by atomic mass is 9.90. The Morgan fingerprint density at radius 1 is 1.02 bits per heavy atom. The Morgan fingerprint density at radius 2 is 1.84 bits per heavy atom. The van der Waals surface area contributed by atoms with Crippen LogP contribution in [-0.4, -0.2) is 94.0 Å². The molecule has 0 bridgehead atoms. The van der Waals surface area contributed by atoms with Crippen molar-refractivity contribution in [2.45, 2.75) is 56.8 Å². The number of nitrogens with zero attached hydrogens (tertiary/aromatic N) is 6. The highest BCUT2D eigenvalue weighted by atomic mass is 16.5. The molecule has 0 spiro atoms. The van der Waals surface area contributed by atoms with Gasteiger partial charge in [0.1, 0.15) is 17.9 Å². The number of aromatic nitrogens is 3. The van der Waals surface area contributed by atoms with E-state index in [1.807, 2.05) is 42.6 Å². The minimum atomic E-state index is -0.386. The number of imide groups is 1. The number of benzene rings is 2. The second-order valence-electron chi connectivity index (χ2n) is 13.9. The number of aromatic hydroxyl groups is 1. The van der Waals surface area contributed by atoms with Crippen LogP contribution in [0.4, 0.5) is 22.9 Å². The van der Waals surface area contributed by atoms with Gasteiger partial charge in [0.15, 0.2) is 5.82 Å². The van der Waals surface area contributed by atoms with E-state index in [9.17, 15) is 14.7 Å². The van der Waals surface area contributed by atoms with Crippen LogP contribution < -0.4 is 30.5 Å². The Kier molecular flexibility index (Phi) is 8.80. The third kappa shape index (κ3) is 6.73. The zero-order valence-corrected chi connectivity index (χ0v) is 28.7. The molecule has 0 radical (unpaired) electrons. The van der Waals surface area contributed by atoms with Crippen molar-refractivity contribution < 1.29 is 19.4 Å². The number of hydrogen-bond acceptors (Lipinski definition) is 12. The molecule has 3 saturated heterocycles. The number of fused-ring (bicyclic) bond motifs is 3. The maximum absolute atomic E-state index is 12.1. The second kappa shape index (κ2) is 13.7. The van der Waals surface area contributed by atoms with Crippen molar-refractivity contribution in [2.24, 2.45) is 0 Å². The number of nitrogens with one attached hydrogen (secondary N) is 3. The predicted molar refractivity (Wildman–Crippen MR) is 195 cm³/mol. The van der Waals surface area contributed by atoms with E-state index in [0.717, 1.165) is 80.6 Å². The van der Waals surface area contributed by atoms with E-state index in [1.54, 1.807) is 12.1 Å². The number of pyridine rings is 1. The zero-order chi connectivity index (χ0) is 35.0. The Labute approximate surface area is 297 Å². The lowest BCUT2D eigenvalue weighted by Gasteiger charge is -2.43. The number of amides is 2. The number of piperazine rings is 1. The SMILES string of the molecule is CC[C@]12CNc3nnc(-c4ccccc4O)cc3N1C[C@H](Oc1ccc(CN3CCN(c4ccc(NC5CCC(=O)NC5=O)cc4)CC3)cn1)C2. The van der Waals surface area contributed by atoms with E-state index in [1.165, 1.54) is 0 Å². The average molecular weight is 690 g/mol. The van der Waals surface area contributed by atoms with Gasteiger partial charge in [0.05, 0.1) is 23.5 Å². The van der Waals surface area contributed by atoms with Crippen LogP contribution >= 0.6 is 0 Å². The lowest BCUT2D eigenvalue weighted by Crippen LogP contribution is -2.52. The third-order valence-electron chi connectivity index (χ3n) is 10.7. The van der Waals surface area contributed by atoms with Gasteiger partial charge in [-0.05, 0) is 60.9 Å². The van der Waals surface area contributed by atoms with Crippen molar-refractivity contribution in [1.29, 1.82) is 0 Å². The number of carbonyl (C=O) groups excluding carboxylic acids is 2. The molecular weight excluding hydrogens is 646 g/mol. The highest BCUT2D eigenvalue weighted by Gasteiger charge is 2.49. The molecule has 4 N–H and O–H groups in total. The molecule has 13 nitrogen and oxygen atoms in total. The van der Waals surface area contributed by atoms with E-state index in [4.69, 9.17) is 9.72 Å². The molecule has 4 aliphatic rings. The van der Waals surface area contributed by atoms with Crippen LogP contribution in [0.5, 0.6) is 11.6 Å². The van der Waals surface area contributed by atoms with Gasteiger partial charge in [-0.25, -0.2) is 4.98 Å². The molecule has 6 heterocycles. The summed E-state index contributed by atoms with van der Waals surface area (Å²) >= 11 is 0. The molecule has 1 unspecified atom stereocenters. The third-order valence-corrected chi connectivity index (χ3v) is 10.7. The highest BCUT2D eigenvalue weighted by Crippen LogP contribution is 2.45. The summed E-state index contributed by atoms with van der Waals surface area (Å²) in [6, 6.07) is 21.1. The summed E-state index contributed by atoms with van der Waals surface area (Å²) in [7, 11) is 0. The van der Waals surface area contributed by atoms with Crippen LogP contribution in [0.25, 0.3) is 11.3 Å². The molecule has 2 aromatic carbocycles. The number of para-hydroxylation sites is 1. The van der Waals surface area contributed by atoms with Gasteiger partial charge in [0.25, 0.3) is 0 Å². The maximum atomic E-state index is 12.1. The van der Waals surface area contributed by atoms with E-state index >= 15 is 0 Å². The van der Waals surface area contributed by atoms with Crippen LogP contribution in [0.1, 0.15) is 38.2 Å². The van der Waals surface area contributed by atoms with Crippen LogP contribution in [-0.2, 0) is 16.1 Å². The van der Waals surface area contributed by atoms with Gasteiger partial charge in [0, 0.05) is 81.3 Å². The fraction of sp³-hybridized carbons (Fsp3) is 0.395. The molecule has 4 aromatic rings. The molecule has 51 heavy (non-hydrogen) atoms. The first kappa shape index (κ1) is 32.8. The first-order valence-electron chi connectivity index (χ1n) is 17.8. The minimum absolute atomic E-state index is 0.0341. The van der Waals surface area contributed by atoms with Gasteiger partial charge in [0.2, 0.25) is 17.7 Å². The Balaban J connectivity index is 0.844. The number of piperidine rings is 1. The molecule has 13 heteroatoms. The van der Waals surface area contributed by atoms with Crippen molar-refractivity contribution in [3.05, 3.63) is 78.5 Å². The number of hydrogen-bond donors (Lipinski definition) is 4. The molecule has 3 atom stereocenters. The van der Waals surface area contributed by atoms with Crippen LogP contribution in [0.15, 0.2) is 72.9 Å². The Hall–Kier alpha value is -5.43. The smallest absolute Gasteiger partial charge is 0.249 e. The van der Waals surface area contributed by atoms with E-state index in [2.05, 4.69) is 66.0 Å². The number of phenolic OH excluding ortho intramolecular Hbond substituents is 1. The Morgan fingerprint density at radius 3 is 2.59 bits per heavy atom. The van der Waals surface area contributed by atoms with Gasteiger partial charge in [-0.1, -0.05) is 25.1 Å². The summed E-state index contributed by atoms with van der Waals surface area (Å²) in [6.45, 7) is 8.23. The van der Waals surface area contributed by atoms with Gasteiger partial charge in [-0.3, -0.25) is 19.8 Å². The standard InChI is InChI=1S/C38H43N9O4/c1-2-38-20-28(23-47(38)32-19-31(43-44-36(32)40-24-38)29-5-3-4-6-33(29)48)51-35-14-7-25(21-39-35)22-45-15-17-46(18-16-45)27-10-8-26(9-11-27)41-30-12-13-34(49)42-37(30)50/h3-11,14,19,21,28,30,41,48H,2,12-13,15-18,20,22-24H2,1H3,(H,40,44)(H,42,49,50)/t28-,30?,38+/m1/s1. The van der Waals surface area contributed by atoms with Crippen molar-refractivity contribution in [3.8, 4) is 22.9 Å². The number of carbonyl (C=O) groups is 2. The van der Waals surface area contributed by atoms with Gasteiger partial charge >= 0.3 is 0 Å². The molecule has 264 valence electrons. The molecule has 3 fully saturated rings. The van der Waals surface area contributed by atoms with Gasteiger partial charge in [-0.15, -0.1) is 10.2 Å². The zero-order valence-electron chi connectivity index (χ0n) is 28.7. The van der Waals surface area contributed by atoms with Crippen molar-refractivity contribution in [1.82, 2.24) is 25.4 Å².